The average molecular weight is 268 g/mol. The summed E-state index contributed by atoms with van der Waals surface area (Å²) in [5.74, 6) is 0.983. The topological polar surface area (TPSA) is 65.2 Å². The zero-order chi connectivity index (χ0) is 12.4. The van der Waals surface area contributed by atoms with Crippen molar-refractivity contribution in [3.05, 3.63) is 5.89 Å². The van der Waals surface area contributed by atoms with E-state index in [9.17, 15) is 4.79 Å². The van der Waals surface area contributed by atoms with Crippen LogP contribution in [0, 0.1) is 0 Å². The van der Waals surface area contributed by atoms with Gasteiger partial charge in [0.15, 0.2) is 0 Å². The van der Waals surface area contributed by atoms with Gasteiger partial charge in [-0.3, -0.25) is 4.79 Å². The van der Waals surface area contributed by atoms with E-state index in [-0.39, 0.29) is 11.2 Å². The predicted molar refractivity (Wildman–Crippen MR) is 65.3 cm³/mol. The molecule has 1 unspecified atom stereocenters. The van der Waals surface area contributed by atoms with E-state index in [4.69, 9.17) is 9.15 Å². The molecule has 0 spiro atoms. The van der Waals surface area contributed by atoms with Crippen molar-refractivity contribution < 1.29 is 13.9 Å². The molecule has 98 valence electrons. The minimum absolute atomic E-state index is 0.169. The van der Waals surface area contributed by atoms with Gasteiger partial charge in [0.25, 0.3) is 5.22 Å². The third-order valence-corrected chi connectivity index (χ3v) is 4.59. The number of carbonyl (C=O) groups excluding carboxylic acids is 1. The van der Waals surface area contributed by atoms with Gasteiger partial charge in [-0.2, -0.15) is 0 Å². The predicted octanol–water partition coefficient (Wildman–Crippen LogP) is 2.52. The number of cyclic esters (lactones) is 1. The molecule has 1 saturated carbocycles. The Bertz CT molecular complexity index is 429. The first-order chi connectivity index (χ1) is 8.83. The molecule has 1 atom stereocenters. The molecule has 18 heavy (non-hydrogen) atoms. The molecule has 0 bridgehead atoms. The van der Waals surface area contributed by atoms with Crippen LogP contribution in [0.5, 0.6) is 0 Å². The third-order valence-electron chi connectivity index (χ3n) is 3.51. The summed E-state index contributed by atoms with van der Waals surface area (Å²) in [6.07, 6.45) is 6.79. The summed E-state index contributed by atoms with van der Waals surface area (Å²) in [7, 11) is 0. The number of carbonyl (C=O) groups is 1. The molecule has 2 heterocycles. The van der Waals surface area contributed by atoms with Crippen LogP contribution in [0.2, 0.25) is 0 Å². The molecule has 2 fully saturated rings. The van der Waals surface area contributed by atoms with Crippen LogP contribution in [-0.2, 0) is 9.53 Å². The summed E-state index contributed by atoms with van der Waals surface area (Å²) in [4.78, 5) is 11.4. The van der Waals surface area contributed by atoms with Gasteiger partial charge in [-0.05, 0) is 24.6 Å². The number of nitrogens with zero attached hydrogens (tertiary/aromatic N) is 2. The summed E-state index contributed by atoms with van der Waals surface area (Å²) in [5.41, 5.74) is 0. The summed E-state index contributed by atoms with van der Waals surface area (Å²) in [6, 6.07) is 0. The van der Waals surface area contributed by atoms with Crippen molar-refractivity contribution >= 4 is 17.7 Å². The van der Waals surface area contributed by atoms with Crippen molar-refractivity contribution in [2.45, 2.75) is 54.9 Å². The van der Waals surface area contributed by atoms with Gasteiger partial charge < -0.3 is 9.15 Å². The van der Waals surface area contributed by atoms with Gasteiger partial charge in [-0.25, -0.2) is 0 Å². The lowest BCUT2D eigenvalue weighted by Gasteiger charge is -2.17. The van der Waals surface area contributed by atoms with Gasteiger partial charge in [-0.15, -0.1) is 10.2 Å². The molecular weight excluding hydrogens is 252 g/mol. The van der Waals surface area contributed by atoms with E-state index in [1.807, 2.05) is 0 Å². The molecule has 0 amide bonds. The van der Waals surface area contributed by atoms with Crippen molar-refractivity contribution in [2.24, 2.45) is 0 Å². The lowest BCUT2D eigenvalue weighted by atomic mass is 9.89. The molecular formula is C12H16N2O3S. The Morgan fingerprint density at radius 3 is 2.67 bits per heavy atom. The molecule has 6 heteroatoms. The number of rotatable bonds is 3. The molecule has 0 aromatic carbocycles. The fourth-order valence-corrected chi connectivity index (χ4v) is 3.33. The Morgan fingerprint density at radius 2 is 1.94 bits per heavy atom. The molecule has 1 aromatic rings. The second kappa shape index (κ2) is 5.30. The zero-order valence-corrected chi connectivity index (χ0v) is 10.9. The van der Waals surface area contributed by atoms with Crippen LogP contribution >= 0.6 is 11.8 Å². The maximum absolute atomic E-state index is 11.4. The maximum atomic E-state index is 11.4. The van der Waals surface area contributed by atoms with E-state index in [2.05, 4.69) is 10.2 Å². The number of aromatic nitrogens is 2. The molecule has 1 aliphatic carbocycles. The normalized spacial score (nSPS) is 25.3. The smallest absolute Gasteiger partial charge is 0.319 e. The first-order valence-electron chi connectivity index (χ1n) is 6.49. The average Bonchev–Trinajstić information content (AvgIpc) is 3.02. The van der Waals surface area contributed by atoms with E-state index >= 15 is 0 Å². The van der Waals surface area contributed by atoms with Crippen LogP contribution in [0.25, 0.3) is 0 Å². The molecule has 1 aromatic heterocycles. The van der Waals surface area contributed by atoms with Crippen LogP contribution in [0.1, 0.15) is 50.3 Å². The van der Waals surface area contributed by atoms with Crippen LogP contribution in [0.15, 0.2) is 9.64 Å². The summed E-state index contributed by atoms with van der Waals surface area (Å²) in [6.45, 7) is 0.500. The number of ether oxygens (including phenoxy) is 1. The van der Waals surface area contributed by atoms with Crippen molar-refractivity contribution in [1.29, 1.82) is 0 Å². The monoisotopic (exact) mass is 268 g/mol. The van der Waals surface area contributed by atoms with E-state index in [0.29, 0.717) is 17.7 Å². The summed E-state index contributed by atoms with van der Waals surface area (Å²) in [5, 5.41) is 8.47. The zero-order valence-electron chi connectivity index (χ0n) is 10.1. The number of thioether (sulfide) groups is 1. The lowest BCUT2D eigenvalue weighted by molar-refractivity contribution is -0.137. The summed E-state index contributed by atoms with van der Waals surface area (Å²) >= 11 is 1.33. The van der Waals surface area contributed by atoms with E-state index in [1.54, 1.807) is 0 Å². The van der Waals surface area contributed by atoms with Gasteiger partial charge in [-0.1, -0.05) is 19.3 Å². The van der Waals surface area contributed by atoms with Crippen LogP contribution in [-0.4, -0.2) is 28.0 Å². The highest BCUT2D eigenvalue weighted by Gasteiger charge is 2.30. The van der Waals surface area contributed by atoms with Crippen molar-refractivity contribution in [3.8, 4) is 0 Å². The molecule has 0 N–H and O–H groups in total. The quantitative estimate of drug-likeness (QED) is 0.785. The second-order valence-electron chi connectivity index (χ2n) is 4.80. The SMILES string of the molecule is O=C1OCCC1Sc1nnc(C2CCCCC2)o1. The van der Waals surface area contributed by atoms with E-state index in [0.717, 1.165) is 25.2 Å². The molecule has 0 radical (unpaired) electrons. The van der Waals surface area contributed by atoms with Crippen molar-refractivity contribution in [2.75, 3.05) is 6.61 Å². The Balaban J connectivity index is 1.63. The lowest BCUT2D eigenvalue weighted by Crippen LogP contribution is -2.09. The molecule has 1 aliphatic heterocycles. The number of esters is 1. The Kier molecular flexibility index (Phi) is 3.54. The highest BCUT2D eigenvalue weighted by atomic mass is 32.2. The Labute approximate surface area is 110 Å². The third kappa shape index (κ3) is 2.53. The Hall–Kier alpha value is -1.04. The second-order valence-corrected chi connectivity index (χ2v) is 5.96. The van der Waals surface area contributed by atoms with Gasteiger partial charge >= 0.3 is 5.97 Å². The summed E-state index contributed by atoms with van der Waals surface area (Å²) < 4.78 is 10.6. The van der Waals surface area contributed by atoms with E-state index in [1.165, 1.54) is 31.0 Å². The Morgan fingerprint density at radius 1 is 1.11 bits per heavy atom. The first kappa shape index (κ1) is 12.0. The first-order valence-corrected chi connectivity index (χ1v) is 7.37. The molecule has 5 nitrogen and oxygen atoms in total. The standard InChI is InChI=1S/C12H16N2O3S/c15-11-9(6-7-16-11)18-12-14-13-10(17-12)8-4-2-1-3-5-8/h8-9H,1-7H2. The minimum atomic E-state index is -0.176. The van der Waals surface area contributed by atoms with Gasteiger partial charge in [0.2, 0.25) is 5.89 Å². The maximum Gasteiger partial charge on any atom is 0.319 e. The van der Waals surface area contributed by atoms with Gasteiger partial charge in [0.1, 0.15) is 5.25 Å². The molecule has 2 aliphatic rings. The number of hydrogen-bond donors (Lipinski definition) is 0. The molecule has 1 saturated heterocycles. The highest BCUT2D eigenvalue weighted by Crippen LogP contribution is 2.34. The van der Waals surface area contributed by atoms with Gasteiger partial charge in [0.05, 0.1) is 6.61 Å². The van der Waals surface area contributed by atoms with Crippen molar-refractivity contribution in [1.82, 2.24) is 10.2 Å². The van der Waals surface area contributed by atoms with Crippen LogP contribution in [0.3, 0.4) is 0 Å². The largest absolute Gasteiger partial charge is 0.465 e. The van der Waals surface area contributed by atoms with Crippen molar-refractivity contribution in [3.63, 3.8) is 0 Å². The van der Waals surface area contributed by atoms with Crippen LogP contribution < -0.4 is 0 Å². The minimum Gasteiger partial charge on any atom is -0.465 e. The molecule has 3 rings (SSSR count). The highest BCUT2D eigenvalue weighted by molar-refractivity contribution is 8.00. The fraction of sp³-hybridized carbons (Fsp3) is 0.750. The fourth-order valence-electron chi connectivity index (χ4n) is 2.49. The van der Waals surface area contributed by atoms with Crippen LogP contribution in [0.4, 0.5) is 0 Å². The van der Waals surface area contributed by atoms with Gasteiger partial charge in [0, 0.05) is 12.3 Å². The number of hydrogen-bond acceptors (Lipinski definition) is 6. The van der Waals surface area contributed by atoms with E-state index < -0.39 is 0 Å².